The maximum absolute atomic E-state index is 13.5. The van der Waals surface area contributed by atoms with Crippen molar-refractivity contribution in [3.8, 4) is 0 Å². The van der Waals surface area contributed by atoms with Crippen LogP contribution in [-0.2, 0) is 6.54 Å². The number of benzene rings is 1. The van der Waals surface area contributed by atoms with Crippen molar-refractivity contribution >= 4 is 17.3 Å². The van der Waals surface area contributed by atoms with Gasteiger partial charge in [-0.15, -0.1) is 0 Å². The smallest absolute Gasteiger partial charge is 0.315 e. The summed E-state index contributed by atoms with van der Waals surface area (Å²) in [6.07, 6.45) is 0.775. The normalized spacial score (nSPS) is 10.7. The molecule has 1 aromatic carbocycles. The summed E-state index contributed by atoms with van der Waals surface area (Å²) in [5.41, 5.74) is -2.71. The minimum Gasteiger partial charge on any atom is -0.315 e. The van der Waals surface area contributed by atoms with Gasteiger partial charge in [0.05, 0.1) is 4.92 Å². The van der Waals surface area contributed by atoms with E-state index in [1.807, 2.05) is 0 Å². The van der Waals surface area contributed by atoms with E-state index in [0.29, 0.717) is 0 Å². The number of carbonyl (C=O) groups excluding carboxylic acids is 1. The summed E-state index contributed by atoms with van der Waals surface area (Å²) in [5.74, 6) is -8.45. The first-order valence-corrected chi connectivity index (χ1v) is 6.12. The van der Waals surface area contributed by atoms with Crippen molar-refractivity contribution in [3.63, 3.8) is 0 Å². The second-order valence-corrected chi connectivity index (χ2v) is 4.25. The third-order valence-electron chi connectivity index (χ3n) is 2.88. The number of aryl methyl sites for hydroxylation is 1. The molecule has 0 saturated carbocycles. The fourth-order valence-electron chi connectivity index (χ4n) is 1.84. The van der Waals surface area contributed by atoms with Gasteiger partial charge in [-0.25, -0.2) is 17.6 Å². The maximum atomic E-state index is 13.5. The molecule has 1 N–H and O–H groups in total. The van der Waals surface area contributed by atoms with Crippen LogP contribution in [0.3, 0.4) is 0 Å². The Bertz CT molecular complexity index is 780. The Balaban J connectivity index is 2.49. The van der Waals surface area contributed by atoms with Gasteiger partial charge in [-0.3, -0.25) is 19.6 Å². The van der Waals surface area contributed by atoms with E-state index in [9.17, 15) is 32.5 Å². The van der Waals surface area contributed by atoms with E-state index >= 15 is 0 Å². The summed E-state index contributed by atoms with van der Waals surface area (Å²) in [6.45, 7) is 1.55. The monoisotopic (exact) mass is 332 g/mol. The fourth-order valence-corrected chi connectivity index (χ4v) is 1.84. The molecule has 0 bridgehead atoms. The van der Waals surface area contributed by atoms with Crippen LogP contribution in [0.2, 0.25) is 0 Å². The first-order chi connectivity index (χ1) is 10.8. The minimum atomic E-state index is -1.83. The zero-order chi connectivity index (χ0) is 17.3. The quantitative estimate of drug-likeness (QED) is 0.403. The average molecular weight is 332 g/mol. The second kappa shape index (κ2) is 6.02. The molecule has 0 saturated heterocycles. The Morgan fingerprint density at radius 3 is 2.35 bits per heavy atom. The van der Waals surface area contributed by atoms with Gasteiger partial charge >= 0.3 is 5.69 Å². The third kappa shape index (κ3) is 2.84. The van der Waals surface area contributed by atoms with Crippen molar-refractivity contribution in [1.29, 1.82) is 0 Å². The van der Waals surface area contributed by atoms with E-state index in [1.54, 1.807) is 5.32 Å². The zero-order valence-corrected chi connectivity index (χ0v) is 11.4. The van der Waals surface area contributed by atoms with E-state index < -0.39 is 51.2 Å². The Hall–Kier alpha value is -2.98. The molecule has 1 heterocycles. The molecule has 23 heavy (non-hydrogen) atoms. The SMILES string of the molecule is CCn1ncc([N+](=O)[O-])c1C(=O)Nc1c(F)c(F)cc(F)c1F. The molecule has 1 amide bonds. The van der Waals surface area contributed by atoms with E-state index in [-0.39, 0.29) is 12.6 Å². The number of carbonyl (C=O) groups is 1. The van der Waals surface area contributed by atoms with Crippen LogP contribution in [0.4, 0.5) is 28.9 Å². The Kier molecular flexibility index (Phi) is 4.29. The molecular weight excluding hydrogens is 324 g/mol. The molecule has 0 aliphatic heterocycles. The summed E-state index contributed by atoms with van der Waals surface area (Å²) >= 11 is 0. The van der Waals surface area contributed by atoms with Gasteiger partial charge in [-0.2, -0.15) is 5.10 Å². The van der Waals surface area contributed by atoms with Gasteiger partial charge in [0.15, 0.2) is 23.3 Å². The molecule has 0 radical (unpaired) electrons. The predicted octanol–water partition coefficient (Wildman–Crippen LogP) is 2.62. The number of halogens is 4. The summed E-state index contributed by atoms with van der Waals surface area (Å²) in [7, 11) is 0. The van der Waals surface area contributed by atoms with Crippen molar-refractivity contribution in [2.75, 3.05) is 5.32 Å². The highest BCUT2D eigenvalue weighted by Crippen LogP contribution is 2.26. The van der Waals surface area contributed by atoms with Crippen LogP contribution in [0.15, 0.2) is 12.3 Å². The van der Waals surface area contributed by atoms with Crippen LogP contribution in [0, 0.1) is 33.4 Å². The summed E-state index contributed by atoms with van der Waals surface area (Å²) in [4.78, 5) is 22.0. The number of aromatic nitrogens is 2. The van der Waals surface area contributed by atoms with E-state index in [2.05, 4.69) is 5.10 Å². The van der Waals surface area contributed by atoms with Crippen LogP contribution >= 0.6 is 0 Å². The molecule has 0 unspecified atom stereocenters. The molecule has 0 atom stereocenters. The fraction of sp³-hybridized carbons (Fsp3) is 0.167. The molecule has 0 aliphatic carbocycles. The lowest BCUT2D eigenvalue weighted by Crippen LogP contribution is -2.21. The van der Waals surface area contributed by atoms with Crippen molar-refractivity contribution in [1.82, 2.24) is 9.78 Å². The lowest BCUT2D eigenvalue weighted by Gasteiger charge is -2.09. The largest absolute Gasteiger partial charge is 0.320 e. The topological polar surface area (TPSA) is 90.1 Å². The Morgan fingerprint density at radius 1 is 1.30 bits per heavy atom. The highest BCUT2D eigenvalue weighted by atomic mass is 19.2. The number of nitro groups is 1. The van der Waals surface area contributed by atoms with Gasteiger partial charge in [-0.05, 0) is 6.92 Å². The number of hydrogen-bond acceptors (Lipinski definition) is 4. The average Bonchev–Trinajstić information content (AvgIpc) is 2.93. The summed E-state index contributed by atoms with van der Waals surface area (Å²) in [5, 5.41) is 16.0. The molecule has 0 spiro atoms. The van der Waals surface area contributed by atoms with Crippen LogP contribution in [0.5, 0.6) is 0 Å². The van der Waals surface area contributed by atoms with Gasteiger partial charge < -0.3 is 5.32 Å². The number of nitrogens with zero attached hydrogens (tertiary/aromatic N) is 3. The number of anilines is 1. The van der Waals surface area contributed by atoms with Gasteiger partial charge in [0.25, 0.3) is 5.91 Å². The standard InChI is InChI=1S/C12H8F4N4O3/c1-2-19-11(7(4-17-19)20(22)23)12(21)18-10-8(15)5(13)3-6(14)9(10)16/h3-4H,2H2,1H3,(H,18,21). The zero-order valence-electron chi connectivity index (χ0n) is 11.4. The van der Waals surface area contributed by atoms with Gasteiger partial charge in [0.2, 0.25) is 5.69 Å². The Morgan fingerprint density at radius 2 is 1.87 bits per heavy atom. The number of hydrogen-bond donors (Lipinski definition) is 1. The highest BCUT2D eigenvalue weighted by Gasteiger charge is 2.29. The predicted molar refractivity (Wildman–Crippen MR) is 68.8 cm³/mol. The molecule has 0 aliphatic rings. The van der Waals surface area contributed by atoms with Gasteiger partial charge in [0.1, 0.15) is 11.9 Å². The highest BCUT2D eigenvalue weighted by molar-refractivity contribution is 6.05. The third-order valence-corrected chi connectivity index (χ3v) is 2.88. The first-order valence-electron chi connectivity index (χ1n) is 6.12. The van der Waals surface area contributed by atoms with Gasteiger partial charge in [-0.1, -0.05) is 0 Å². The van der Waals surface area contributed by atoms with E-state index in [4.69, 9.17) is 0 Å². The molecule has 0 fully saturated rings. The van der Waals surface area contributed by atoms with E-state index in [0.717, 1.165) is 10.9 Å². The second-order valence-electron chi connectivity index (χ2n) is 4.25. The minimum absolute atomic E-state index is 0.0287. The Labute approximate surface area is 125 Å². The summed E-state index contributed by atoms with van der Waals surface area (Å²) in [6, 6.07) is -0.0287. The van der Waals surface area contributed by atoms with Crippen molar-refractivity contribution < 1.29 is 27.3 Å². The maximum Gasteiger partial charge on any atom is 0.320 e. The van der Waals surface area contributed by atoms with Crippen molar-refractivity contribution in [2.45, 2.75) is 13.5 Å². The first kappa shape index (κ1) is 16.4. The van der Waals surface area contributed by atoms with Crippen LogP contribution in [0.1, 0.15) is 17.4 Å². The number of nitrogens with one attached hydrogen (secondary N) is 1. The lowest BCUT2D eigenvalue weighted by molar-refractivity contribution is -0.385. The molecule has 1 aromatic heterocycles. The van der Waals surface area contributed by atoms with Crippen LogP contribution in [-0.4, -0.2) is 20.6 Å². The number of amides is 1. The molecule has 2 rings (SSSR count). The number of rotatable bonds is 4. The molecule has 122 valence electrons. The lowest BCUT2D eigenvalue weighted by atomic mass is 10.2. The van der Waals surface area contributed by atoms with E-state index in [1.165, 1.54) is 6.92 Å². The van der Waals surface area contributed by atoms with Crippen LogP contribution < -0.4 is 5.32 Å². The molecular formula is C12H8F4N4O3. The van der Waals surface area contributed by atoms with Crippen LogP contribution in [0.25, 0.3) is 0 Å². The molecule has 2 aromatic rings. The summed E-state index contributed by atoms with van der Waals surface area (Å²) < 4.78 is 54.2. The molecule has 11 heteroatoms. The van der Waals surface area contributed by atoms with Gasteiger partial charge in [0, 0.05) is 12.6 Å². The molecule has 7 nitrogen and oxygen atoms in total. The van der Waals surface area contributed by atoms with Crippen molar-refractivity contribution in [3.05, 3.63) is 51.3 Å². The van der Waals surface area contributed by atoms with Crippen molar-refractivity contribution in [2.24, 2.45) is 0 Å².